The molecule has 3 aromatic rings. The van der Waals surface area contributed by atoms with Crippen molar-refractivity contribution in [2.24, 2.45) is 7.05 Å². The summed E-state index contributed by atoms with van der Waals surface area (Å²) in [6, 6.07) is 10.2. The molecule has 0 fully saturated rings. The van der Waals surface area contributed by atoms with Gasteiger partial charge in [0.1, 0.15) is 22.7 Å². The van der Waals surface area contributed by atoms with E-state index in [1.165, 1.54) is 0 Å². The smallest absolute Gasteiger partial charge is 0.146 e. The first-order valence-electron chi connectivity index (χ1n) is 7.51. The first-order valence-corrected chi connectivity index (χ1v) is 8.50. The number of rotatable bonds is 6. The molecule has 0 saturated carbocycles. The van der Waals surface area contributed by atoms with E-state index in [4.69, 9.17) is 0 Å². The third-order valence-electron chi connectivity index (χ3n) is 3.45. The highest BCUT2D eigenvalue weighted by Gasteiger charge is 2.18. The Kier molecular flexibility index (Phi) is 4.92. The Bertz CT molecular complexity index is 756. The van der Waals surface area contributed by atoms with Crippen molar-refractivity contribution in [2.75, 3.05) is 11.1 Å². The second-order valence-corrected chi connectivity index (χ2v) is 6.34. The molecule has 2 heterocycles. The fourth-order valence-corrected chi connectivity index (χ4v) is 2.97. The number of nitrogens with one attached hydrogen (secondary N) is 1. The van der Waals surface area contributed by atoms with Crippen LogP contribution in [0.1, 0.15) is 24.4 Å². The maximum Gasteiger partial charge on any atom is 0.146 e. The molecule has 0 bridgehead atoms. The first-order chi connectivity index (χ1) is 11.3. The van der Waals surface area contributed by atoms with E-state index in [9.17, 15) is 0 Å². The van der Waals surface area contributed by atoms with E-state index in [2.05, 4.69) is 39.3 Å². The molecule has 3 rings (SSSR count). The molecular formula is C17H19N5S. The SMILES string of the molecule is CCSc1cncc(NC(c2ccccc2)c2nccn2C)n1. The van der Waals surface area contributed by atoms with Crippen LogP contribution in [0.15, 0.2) is 60.1 Å². The molecule has 0 saturated heterocycles. The molecule has 0 spiro atoms. The summed E-state index contributed by atoms with van der Waals surface area (Å²) < 4.78 is 2.02. The van der Waals surface area contributed by atoms with Gasteiger partial charge >= 0.3 is 0 Å². The van der Waals surface area contributed by atoms with Crippen LogP contribution in [0.3, 0.4) is 0 Å². The fourth-order valence-electron chi connectivity index (χ4n) is 2.38. The van der Waals surface area contributed by atoms with Gasteiger partial charge in [-0.25, -0.2) is 9.97 Å². The summed E-state index contributed by atoms with van der Waals surface area (Å²) in [5.74, 6) is 2.66. The maximum atomic E-state index is 4.62. The number of benzene rings is 1. The topological polar surface area (TPSA) is 55.6 Å². The summed E-state index contributed by atoms with van der Waals surface area (Å²) >= 11 is 1.68. The van der Waals surface area contributed by atoms with Gasteiger partial charge in [0.05, 0.1) is 12.4 Å². The van der Waals surface area contributed by atoms with Gasteiger partial charge in [-0.05, 0) is 11.3 Å². The number of imidazole rings is 1. The van der Waals surface area contributed by atoms with Crippen LogP contribution in [0.4, 0.5) is 5.82 Å². The Morgan fingerprint density at radius 2 is 2.04 bits per heavy atom. The molecule has 0 radical (unpaired) electrons. The molecule has 0 aliphatic heterocycles. The third kappa shape index (κ3) is 3.71. The molecule has 1 atom stereocenters. The number of nitrogens with zero attached hydrogens (tertiary/aromatic N) is 4. The number of hydrogen-bond donors (Lipinski definition) is 1. The van der Waals surface area contributed by atoms with Crippen molar-refractivity contribution in [3.8, 4) is 0 Å². The monoisotopic (exact) mass is 325 g/mol. The van der Waals surface area contributed by atoms with Crippen molar-refractivity contribution < 1.29 is 0 Å². The molecule has 0 amide bonds. The highest BCUT2D eigenvalue weighted by Crippen LogP contribution is 2.25. The molecule has 5 nitrogen and oxygen atoms in total. The van der Waals surface area contributed by atoms with Crippen molar-refractivity contribution >= 4 is 17.6 Å². The van der Waals surface area contributed by atoms with Crippen molar-refractivity contribution in [3.63, 3.8) is 0 Å². The molecule has 23 heavy (non-hydrogen) atoms. The molecular weight excluding hydrogens is 306 g/mol. The van der Waals surface area contributed by atoms with Crippen molar-refractivity contribution in [1.29, 1.82) is 0 Å². The summed E-state index contributed by atoms with van der Waals surface area (Å²) in [5, 5.41) is 4.39. The number of hydrogen-bond acceptors (Lipinski definition) is 5. The third-order valence-corrected chi connectivity index (χ3v) is 4.23. The van der Waals surface area contributed by atoms with Crippen LogP contribution in [-0.2, 0) is 7.05 Å². The Morgan fingerprint density at radius 1 is 1.22 bits per heavy atom. The van der Waals surface area contributed by atoms with Crippen molar-refractivity contribution in [2.45, 2.75) is 18.0 Å². The van der Waals surface area contributed by atoms with E-state index in [0.29, 0.717) is 0 Å². The lowest BCUT2D eigenvalue weighted by Crippen LogP contribution is -2.17. The fraction of sp³-hybridized carbons (Fsp3) is 0.235. The van der Waals surface area contributed by atoms with E-state index in [1.807, 2.05) is 42.2 Å². The molecule has 0 aliphatic rings. The maximum absolute atomic E-state index is 4.62. The summed E-state index contributed by atoms with van der Waals surface area (Å²) in [5.41, 5.74) is 1.14. The number of thioether (sulfide) groups is 1. The average molecular weight is 325 g/mol. The Morgan fingerprint density at radius 3 is 2.74 bits per heavy atom. The van der Waals surface area contributed by atoms with Gasteiger partial charge < -0.3 is 9.88 Å². The predicted molar refractivity (Wildman–Crippen MR) is 93.5 cm³/mol. The van der Waals surface area contributed by atoms with Crippen LogP contribution in [0.5, 0.6) is 0 Å². The van der Waals surface area contributed by atoms with Gasteiger partial charge in [-0.1, -0.05) is 37.3 Å². The number of aryl methyl sites for hydroxylation is 1. The largest absolute Gasteiger partial charge is 0.355 e. The van der Waals surface area contributed by atoms with Crippen LogP contribution in [-0.4, -0.2) is 25.3 Å². The van der Waals surface area contributed by atoms with Crippen LogP contribution >= 0.6 is 11.8 Å². The minimum absolute atomic E-state index is 0.0765. The first kappa shape index (κ1) is 15.6. The Balaban J connectivity index is 1.94. The second kappa shape index (κ2) is 7.28. The lowest BCUT2D eigenvalue weighted by molar-refractivity contribution is 0.743. The van der Waals surface area contributed by atoms with E-state index >= 15 is 0 Å². The van der Waals surface area contributed by atoms with Crippen molar-refractivity contribution in [1.82, 2.24) is 19.5 Å². The molecule has 1 unspecified atom stereocenters. The summed E-state index contributed by atoms with van der Waals surface area (Å²) in [7, 11) is 2.00. The second-order valence-electron chi connectivity index (χ2n) is 5.06. The minimum atomic E-state index is -0.0765. The minimum Gasteiger partial charge on any atom is -0.355 e. The van der Waals surface area contributed by atoms with Gasteiger partial charge in [0.2, 0.25) is 0 Å². The van der Waals surface area contributed by atoms with Gasteiger partial charge in [-0.15, -0.1) is 11.8 Å². The van der Waals surface area contributed by atoms with E-state index < -0.39 is 0 Å². The Hall–Kier alpha value is -2.34. The van der Waals surface area contributed by atoms with Gasteiger partial charge in [0, 0.05) is 19.4 Å². The number of anilines is 1. The molecule has 1 N–H and O–H groups in total. The van der Waals surface area contributed by atoms with Crippen LogP contribution in [0.25, 0.3) is 0 Å². The zero-order valence-electron chi connectivity index (χ0n) is 13.2. The zero-order valence-corrected chi connectivity index (χ0v) is 14.0. The molecule has 6 heteroatoms. The lowest BCUT2D eigenvalue weighted by atomic mass is 10.1. The van der Waals surface area contributed by atoms with Gasteiger partial charge in [-0.3, -0.25) is 4.98 Å². The van der Waals surface area contributed by atoms with E-state index in [-0.39, 0.29) is 6.04 Å². The number of aromatic nitrogens is 4. The summed E-state index contributed by atoms with van der Waals surface area (Å²) in [6.45, 7) is 2.10. The average Bonchev–Trinajstić information content (AvgIpc) is 3.00. The predicted octanol–water partition coefficient (Wildman–Crippen LogP) is 3.52. The molecule has 2 aromatic heterocycles. The van der Waals surface area contributed by atoms with Gasteiger partial charge in [0.25, 0.3) is 0 Å². The standard InChI is InChI=1S/C17H19N5S/c1-3-23-15-12-18-11-14(20-15)21-16(13-7-5-4-6-8-13)17-19-9-10-22(17)2/h4-12,16H,3H2,1-2H3,(H,20,21). The van der Waals surface area contributed by atoms with Gasteiger partial charge in [-0.2, -0.15) is 0 Å². The highest BCUT2D eigenvalue weighted by molar-refractivity contribution is 7.99. The quantitative estimate of drug-likeness (QED) is 0.703. The van der Waals surface area contributed by atoms with Crippen LogP contribution in [0.2, 0.25) is 0 Å². The normalized spacial score (nSPS) is 12.1. The van der Waals surface area contributed by atoms with E-state index in [0.717, 1.165) is 28.0 Å². The van der Waals surface area contributed by atoms with Crippen molar-refractivity contribution in [3.05, 3.63) is 66.5 Å². The molecule has 0 aliphatic carbocycles. The molecule has 118 valence electrons. The lowest BCUT2D eigenvalue weighted by Gasteiger charge is -2.19. The van der Waals surface area contributed by atoms with Crippen LogP contribution in [0, 0.1) is 0 Å². The Labute approximate surface area is 140 Å². The van der Waals surface area contributed by atoms with Gasteiger partial charge in [0.15, 0.2) is 0 Å². The van der Waals surface area contributed by atoms with E-state index in [1.54, 1.807) is 24.2 Å². The zero-order chi connectivity index (χ0) is 16.1. The van der Waals surface area contributed by atoms with Crippen LogP contribution < -0.4 is 5.32 Å². The summed E-state index contributed by atoms with van der Waals surface area (Å²) in [6.07, 6.45) is 7.29. The summed E-state index contributed by atoms with van der Waals surface area (Å²) in [4.78, 5) is 13.4. The highest BCUT2D eigenvalue weighted by atomic mass is 32.2. The molecule has 1 aromatic carbocycles.